The van der Waals surface area contributed by atoms with Gasteiger partial charge in [-0.3, -0.25) is 9.48 Å². The number of nitrogens with one attached hydrogen (secondary N) is 1. The topological polar surface area (TPSA) is 162 Å². The quantitative estimate of drug-likeness (QED) is 0.428. The Morgan fingerprint density at radius 2 is 2.22 bits per heavy atom. The highest BCUT2D eigenvalue weighted by Crippen LogP contribution is 2.28. The van der Waals surface area contributed by atoms with Gasteiger partial charge >= 0.3 is 0 Å². The molecule has 0 bridgehead atoms. The highest BCUT2D eigenvalue weighted by molar-refractivity contribution is 5.81. The third-order valence-electron chi connectivity index (χ3n) is 5.94. The number of aliphatic hydroxyl groups excluding tert-OH is 2. The van der Waals surface area contributed by atoms with E-state index >= 15 is 0 Å². The number of nitriles is 1. The minimum Gasteiger partial charge on any atom is -0.486 e. The summed E-state index contributed by atoms with van der Waals surface area (Å²) >= 11 is 0. The van der Waals surface area contributed by atoms with Gasteiger partial charge in [0.25, 0.3) is 5.91 Å². The van der Waals surface area contributed by atoms with Gasteiger partial charge in [-0.25, -0.2) is 14.4 Å². The summed E-state index contributed by atoms with van der Waals surface area (Å²) in [6.07, 6.45) is -0.822. The molecular weight excluding hydrogens is 471 g/mol. The predicted molar refractivity (Wildman–Crippen MR) is 125 cm³/mol. The number of nitrogens with zero attached hydrogens (tertiary/aromatic N) is 7. The number of aromatic nitrogens is 5. The van der Waals surface area contributed by atoms with Gasteiger partial charge in [0.1, 0.15) is 24.3 Å². The van der Waals surface area contributed by atoms with E-state index in [-0.39, 0.29) is 30.8 Å². The highest BCUT2D eigenvalue weighted by Gasteiger charge is 2.35. The fraction of sp³-hybridized carbons (Fsp3) is 0.391. The summed E-state index contributed by atoms with van der Waals surface area (Å²) in [5.74, 6) is 0.102. The lowest BCUT2D eigenvalue weighted by Crippen LogP contribution is -2.52. The number of amides is 1. The van der Waals surface area contributed by atoms with Gasteiger partial charge < -0.3 is 25.2 Å². The summed E-state index contributed by atoms with van der Waals surface area (Å²) in [5, 5.41) is 35.4. The van der Waals surface area contributed by atoms with Crippen LogP contribution in [0.5, 0.6) is 5.75 Å². The van der Waals surface area contributed by atoms with Crippen LogP contribution in [0.2, 0.25) is 0 Å². The van der Waals surface area contributed by atoms with Gasteiger partial charge in [0.15, 0.2) is 18.1 Å². The van der Waals surface area contributed by atoms with Gasteiger partial charge in [-0.2, -0.15) is 15.3 Å². The van der Waals surface area contributed by atoms with Crippen LogP contribution in [0.1, 0.15) is 17.7 Å². The lowest BCUT2D eigenvalue weighted by atomic mass is 10.0. The van der Waals surface area contributed by atoms with Crippen LogP contribution in [0.15, 0.2) is 30.7 Å². The second-order valence-electron chi connectivity index (χ2n) is 8.29. The number of piperidine rings is 1. The molecule has 1 amide bonds. The number of carbonyl (C=O) groups is 1. The Morgan fingerprint density at radius 1 is 1.42 bits per heavy atom. The molecule has 1 aliphatic rings. The molecule has 1 aromatic carbocycles. The number of anilines is 2. The number of hydrogen-bond acceptors (Lipinski definition) is 10. The number of ether oxygens (including phenoxy) is 1. The zero-order valence-electron chi connectivity index (χ0n) is 19.7. The Hall–Kier alpha value is -4.15. The number of aryl methyl sites for hydroxylation is 1. The number of rotatable bonds is 7. The molecule has 0 unspecified atom stereocenters. The van der Waals surface area contributed by atoms with Crippen LogP contribution < -0.4 is 10.1 Å². The van der Waals surface area contributed by atoms with Crippen molar-refractivity contribution in [2.24, 2.45) is 7.05 Å². The monoisotopic (exact) mass is 496 g/mol. The summed E-state index contributed by atoms with van der Waals surface area (Å²) in [6.45, 7) is 1.04. The molecular formula is C23H25FN8O4. The first-order valence-electron chi connectivity index (χ1n) is 11.2. The number of benzene rings is 1. The van der Waals surface area contributed by atoms with Crippen molar-refractivity contribution in [3.63, 3.8) is 0 Å². The number of halogens is 1. The van der Waals surface area contributed by atoms with E-state index in [1.807, 2.05) is 14.0 Å². The fourth-order valence-electron chi connectivity index (χ4n) is 3.76. The van der Waals surface area contributed by atoms with Crippen molar-refractivity contribution < 1.29 is 24.1 Å². The van der Waals surface area contributed by atoms with Crippen molar-refractivity contribution in [3.05, 3.63) is 42.0 Å². The third-order valence-corrected chi connectivity index (χ3v) is 5.94. The van der Waals surface area contributed by atoms with E-state index in [0.717, 1.165) is 16.3 Å². The summed E-state index contributed by atoms with van der Waals surface area (Å²) in [7, 11) is 1.82. The summed E-state index contributed by atoms with van der Waals surface area (Å²) < 4.78 is 22.3. The van der Waals surface area contributed by atoms with Gasteiger partial charge in [-0.05, 0) is 25.1 Å². The molecule has 1 aliphatic heterocycles. The maximum absolute atomic E-state index is 14.8. The van der Waals surface area contributed by atoms with Crippen LogP contribution in [0.3, 0.4) is 0 Å². The SMILES string of the molecule is Cc1c(Nc2ncnc(-c3ccc(O[C@H]4CCN(C(=O)[C@@H](O)CO)C[C@@H]4F)c(C#N)c3)n2)cnn1C. The molecule has 0 aliphatic carbocycles. The van der Waals surface area contributed by atoms with Gasteiger partial charge in [-0.1, -0.05) is 0 Å². The third kappa shape index (κ3) is 5.24. The zero-order valence-corrected chi connectivity index (χ0v) is 19.7. The van der Waals surface area contributed by atoms with Crippen molar-refractivity contribution in [1.29, 1.82) is 5.26 Å². The van der Waals surface area contributed by atoms with Crippen LogP contribution in [0, 0.1) is 18.3 Å². The number of aliphatic hydroxyl groups is 2. The summed E-state index contributed by atoms with van der Waals surface area (Å²) in [6, 6.07) is 6.81. The predicted octanol–water partition coefficient (Wildman–Crippen LogP) is 0.867. The molecule has 13 heteroatoms. The van der Waals surface area contributed by atoms with Crippen LogP contribution in [-0.4, -0.2) is 83.8 Å². The van der Waals surface area contributed by atoms with Gasteiger partial charge in [0, 0.05) is 25.6 Å². The molecule has 3 heterocycles. The summed E-state index contributed by atoms with van der Waals surface area (Å²) in [4.78, 5) is 25.9. The van der Waals surface area contributed by atoms with E-state index in [0.29, 0.717) is 17.3 Å². The lowest BCUT2D eigenvalue weighted by Gasteiger charge is -2.35. The second-order valence-corrected chi connectivity index (χ2v) is 8.29. The molecule has 12 nitrogen and oxygen atoms in total. The average molecular weight is 497 g/mol. The Bertz CT molecular complexity index is 1290. The Morgan fingerprint density at radius 3 is 2.89 bits per heavy atom. The highest BCUT2D eigenvalue weighted by atomic mass is 19.1. The standard InChI is InChI=1S/C23H25FN8O4/c1-13-17(9-28-31(13)2)29-23-27-12-26-21(30-23)14-3-4-19(15(7-14)8-25)36-20-5-6-32(10-16(20)24)22(35)18(34)11-33/h3-4,7,9,12,16,18,20,33-34H,5-6,10-11H2,1-2H3,(H,26,27,29,30)/t16-,18-,20-/m0/s1. The van der Waals surface area contributed by atoms with E-state index in [2.05, 4.69) is 31.4 Å². The number of alkyl halides is 1. The van der Waals surface area contributed by atoms with Crippen molar-refractivity contribution in [2.75, 3.05) is 25.0 Å². The first-order valence-corrected chi connectivity index (χ1v) is 11.2. The fourth-order valence-corrected chi connectivity index (χ4v) is 3.76. The number of likely N-dealkylation sites (tertiary alicyclic amines) is 1. The molecule has 4 rings (SSSR count). The minimum atomic E-state index is -1.58. The molecule has 0 spiro atoms. The van der Waals surface area contributed by atoms with Crippen LogP contribution in [-0.2, 0) is 11.8 Å². The Labute approximate surface area is 206 Å². The normalized spacial score (nSPS) is 18.4. The first kappa shape index (κ1) is 25.0. The van der Waals surface area contributed by atoms with E-state index in [1.165, 1.54) is 6.33 Å². The van der Waals surface area contributed by atoms with Crippen molar-refractivity contribution in [1.82, 2.24) is 29.6 Å². The summed E-state index contributed by atoms with van der Waals surface area (Å²) in [5.41, 5.74) is 2.36. The Balaban J connectivity index is 1.47. The molecule has 3 aromatic rings. The smallest absolute Gasteiger partial charge is 0.253 e. The molecule has 1 fully saturated rings. The zero-order chi connectivity index (χ0) is 25.8. The van der Waals surface area contributed by atoms with Gasteiger partial charge in [-0.15, -0.1) is 0 Å². The first-order chi connectivity index (χ1) is 17.3. The van der Waals surface area contributed by atoms with Crippen LogP contribution in [0.4, 0.5) is 16.0 Å². The maximum atomic E-state index is 14.8. The molecule has 1 saturated heterocycles. The van der Waals surface area contributed by atoms with Gasteiger partial charge in [0.05, 0.1) is 36.3 Å². The van der Waals surface area contributed by atoms with E-state index in [4.69, 9.17) is 9.84 Å². The number of hydrogen-bond donors (Lipinski definition) is 3. The largest absolute Gasteiger partial charge is 0.486 e. The molecule has 0 radical (unpaired) electrons. The van der Waals surface area contributed by atoms with Crippen molar-refractivity contribution >= 4 is 17.5 Å². The Kier molecular flexibility index (Phi) is 7.37. The molecule has 36 heavy (non-hydrogen) atoms. The maximum Gasteiger partial charge on any atom is 0.253 e. The lowest BCUT2D eigenvalue weighted by molar-refractivity contribution is -0.146. The van der Waals surface area contributed by atoms with Crippen LogP contribution in [0.25, 0.3) is 11.4 Å². The van der Waals surface area contributed by atoms with E-state index in [9.17, 15) is 19.6 Å². The van der Waals surface area contributed by atoms with Crippen molar-refractivity contribution in [3.8, 4) is 23.2 Å². The second kappa shape index (κ2) is 10.6. The molecule has 3 atom stereocenters. The minimum absolute atomic E-state index is 0.151. The van der Waals surface area contributed by atoms with E-state index in [1.54, 1.807) is 29.1 Å². The average Bonchev–Trinajstić information content (AvgIpc) is 3.21. The van der Waals surface area contributed by atoms with Crippen LogP contribution >= 0.6 is 0 Å². The molecule has 2 aromatic heterocycles. The molecule has 188 valence electrons. The van der Waals surface area contributed by atoms with Crippen molar-refractivity contribution in [2.45, 2.75) is 31.7 Å². The molecule has 3 N–H and O–H groups in total. The van der Waals surface area contributed by atoms with E-state index < -0.39 is 30.9 Å². The molecule has 0 saturated carbocycles. The van der Waals surface area contributed by atoms with Gasteiger partial charge in [0.2, 0.25) is 5.95 Å². The number of carbonyl (C=O) groups excluding carboxylic acids is 1.